The van der Waals surface area contributed by atoms with Crippen molar-refractivity contribution in [2.45, 2.75) is 77.0 Å². The van der Waals surface area contributed by atoms with Crippen LogP contribution >= 0.6 is 0 Å². The van der Waals surface area contributed by atoms with Crippen LogP contribution in [0.3, 0.4) is 0 Å². The summed E-state index contributed by atoms with van der Waals surface area (Å²) in [7, 11) is 0. The Morgan fingerprint density at radius 2 is 1.39 bits per heavy atom. The number of amides is 3. The first-order valence-corrected chi connectivity index (χ1v) is 10.2. The number of nitrogens with two attached hydrogens (primary N) is 2. The fourth-order valence-electron chi connectivity index (χ4n) is 2.69. The summed E-state index contributed by atoms with van der Waals surface area (Å²) in [6.07, 6.45) is 0.934. The van der Waals surface area contributed by atoms with Crippen LogP contribution in [0.1, 0.15) is 52.9 Å². The van der Waals surface area contributed by atoms with Crippen molar-refractivity contribution >= 4 is 29.7 Å². The molecule has 4 unspecified atom stereocenters. The first-order chi connectivity index (χ1) is 14.4. The number of carboxylic acids is 2. The van der Waals surface area contributed by atoms with E-state index in [2.05, 4.69) is 16.0 Å². The Labute approximate surface area is 181 Å². The summed E-state index contributed by atoms with van der Waals surface area (Å²) in [5.41, 5.74) is 11.3. The van der Waals surface area contributed by atoms with E-state index < -0.39 is 60.2 Å². The number of hydrogen-bond acceptors (Lipinski definition) is 7. The normalized spacial score (nSPS) is 14.8. The molecule has 0 aromatic rings. The van der Waals surface area contributed by atoms with Crippen molar-refractivity contribution in [3.8, 4) is 0 Å². The summed E-state index contributed by atoms with van der Waals surface area (Å²) in [6.45, 7) is 5.37. The van der Waals surface area contributed by atoms with Gasteiger partial charge in [0.2, 0.25) is 17.7 Å². The molecule has 0 aliphatic carbocycles. The quantitative estimate of drug-likeness (QED) is 0.146. The predicted molar refractivity (Wildman–Crippen MR) is 112 cm³/mol. The molecular weight excluding hydrogens is 410 g/mol. The Morgan fingerprint density at radius 1 is 0.839 bits per heavy atom. The predicted octanol–water partition coefficient (Wildman–Crippen LogP) is -1.48. The topological polar surface area (TPSA) is 214 Å². The van der Waals surface area contributed by atoms with E-state index >= 15 is 0 Å². The number of nitrogens with one attached hydrogen (secondary N) is 3. The third kappa shape index (κ3) is 11.9. The highest BCUT2D eigenvalue weighted by Crippen LogP contribution is 2.06. The Balaban J connectivity index is 5.36. The van der Waals surface area contributed by atoms with Gasteiger partial charge in [0.25, 0.3) is 0 Å². The van der Waals surface area contributed by atoms with Gasteiger partial charge in [-0.1, -0.05) is 13.8 Å². The second-order valence-corrected chi connectivity index (χ2v) is 7.81. The molecule has 31 heavy (non-hydrogen) atoms. The number of carboxylic acid groups (broad SMARTS) is 2. The van der Waals surface area contributed by atoms with Crippen molar-refractivity contribution < 1.29 is 34.2 Å². The van der Waals surface area contributed by atoms with Crippen LogP contribution in [-0.2, 0) is 24.0 Å². The molecule has 4 atom stereocenters. The van der Waals surface area contributed by atoms with Crippen LogP contribution in [0.25, 0.3) is 0 Å². The molecule has 178 valence electrons. The van der Waals surface area contributed by atoms with Crippen LogP contribution < -0.4 is 27.4 Å². The number of carbonyl (C=O) groups is 5. The third-order valence-corrected chi connectivity index (χ3v) is 4.38. The minimum atomic E-state index is -1.52. The molecule has 12 heteroatoms. The van der Waals surface area contributed by atoms with Gasteiger partial charge in [-0.2, -0.15) is 0 Å². The minimum absolute atomic E-state index is 0.158. The molecule has 0 rings (SSSR count). The Morgan fingerprint density at radius 3 is 1.87 bits per heavy atom. The van der Waals surface area contributed by atoms with Gasteiger partial charge in [-0.05, 0) is 45.1 Å². The lowest BCUT2D eigenvalue weighted by atomic mass is 10.0. The second kappa shape index (κ2) is 14.3. The molecule has 0 radical (unpaired) electrons. The number of aliphatic carboxylic acids is 2. The lowest BCUT2D eigenvalue weighted by molar-refractivity contribution is -0.143. The van der Waals surface area contributed by atoms with Crippen LogP contribution in [0.4, 0.5) is 0 Å². The van der Waals surface area contributed by atoms with Crippen molar-refractivity contribution in [1.82, 2.24) is 16.0 Å². The average molecular weight is 446 g/mol. The molecule has 0 saturated heterocycles. The highest BCUT2D eigenvalue weighted by Gasteiger charge is 2.30. The van der Waals surface area contributed by atoms with Gasteiger partial charge in [0.05, 0.1) is 12.5 Å². The van der Waals surface area contributed by atoms with Gasteiger partial charge in [0.15, 0.2) is 0 Å². The van der Waals surface area contributed by atoms with Crippen LogP contribution in [0.2, 0.25) is 0 Å². The molecule has 0 aromatic carbocycles. The van der Waals surface area contributed by atoms with E-state index in [1.165, 1.54) is 6.92 Å². The molecule has 0 aliphatic heterocycles. The van der Waals surface area contributed by atoms with E-state index in [1.54, 1.807) is 0 Å². The molecule has 0 aliphatic rings. The smallest absolute Gasteiger partial charge is 0.325 e. The number of carbonyl (C=O) groups excluding carboxylic acids is 3. The molecule has 3 amide bonds. The molecule has 9 N–H and O–H groups in total. The van der Waals surface area contributed by atoms with Crippen LogP contribution in [0.5, 0.6) is 0 Å². The van der Waals surface area contributed by atoms with E-state index in [4.69, 9.17) is 21.7 Å². The third-order valence-electron chi connectivity index (χ3n) is 4.38. The van der Waals surface area contributed by atoms with Crippen molar-refractivity contribution in [3.63, 3.8) is 0 Å². The summed E-state index contributed by atoms with van der Waals surface area (Å²) in [5.74, 6) is -4.81. The molecule has 0 aromatic heterocycles. The van der Waals surface area contributed by atoms with Gasteiger partial charge in [0.1, 0.15) is 18.1 Å². The second-order valence-electron chi connectivity index (χ2n) is 7.81. The highest BCUT2D eigenvalue weighted by molar-refractivity contribution is 5.95. The maximum atomic E-state index is 12.7. The van der Waals surface area contributed by atoms with Gasteiger partial charge >= 0.3 is 11.9 Å². The Hall–Kier alpha value is -2.73. The van der Waals surface area contributed by atoms with Crippen molar-refractivity contribution in [2.24, 2.45) is 17.4 Å². The zero-order valence-electron chi connectivity index (χ0n) is 18.2. The van der Waals surface area contributed by atoms with Gasteiger partial charge < -0.3 is 37.6 Å². The van der Waals surface area contributed by atoms with E-state index in [0.717, 1.165) is 0 Å². The summed E-state index contributed by atoms with van der Waals surface area (Å²) in [4.78, 5) is 59.4. The number of hydrogen-bond donors (Lipinski definition) is 7. The summed E-state index contributed by atoms with van der Waals surface area (Å²) in [5, 5.41) is 24.9. The van der Waals surface area contributed by atoms with Crippen molar-refractivity contribution in [2.75, 3.05) is 6.54 Å². The SMILES string of the molecule is CC(C)CC(N)C(=O)NC(CCCCN)C(=O)NC(CC(=O)O)C(=O)NC(C)C(=O)O. The molecular formula is C19H35N5O7. The summed E-state index contributed by atoms with van der Waals surface area (Å²) >= 11 is 0. The fraction of sp³-hybridized carbons (Fsp3) is 0.737. The molecule has 12 nitrogen and oxygen atoms in total. The Bertz CT molecular complexity index is 641. The van der Waals surface area contributed by atoms with E-state index in [9.17, 15) is 24.0 Å². The van der Waals surface area contributed by atoms with E-state index in [1.807, 2.05) is 13.8 Å². The first-order valence-electron chi connectivity index (χ1n) is 10.2. The van der Waals surface area contributed by atoms with Gasteiger partial charge in [0, 0.05) is 0 Å². The average Bonchev–Trinajstić information content (AvgIpc) is 2.65. The minimum Gasteiger partial charge on any atom is -0.481 e. The molecule has 0 fully saturated rings. The van der Waals surface area contributed by atoms with Gasteiger partial charge in [-0.25, -0.2) is 0 Å². The number of unbranched alkanes of at least 4 members (excludes halogenated alkanes) is 1. The van der Waals surface area contributed by atoms with E-state index in [-0.39, 0.29) is 12.3 Å². The Kier molecular flexibility index (Phi) is 13.0. The maximum absolute atomic E-state index is 12.7. The lowest BCUT2D eigenvalue weighted by Gasteiger charge is -2.24. The first kappa shape index (κ1) is 28.3. The summed E-state index contributed by atoms with van der Waals surface area (Å²) in [6, 6.07) is -4.70. The molecule has 0 bridgehead atoms. The zero-order chi connectivity index (χ0) is 24.1. The fourth-order valence-corrected chi connectivity index (χ4v) is 2.69. The van der Waals surface area contributed by atoms with E-state index in [0.29, 0.717) is 25.8 Å². The molecule has 0 spiro atoms. The zero-order valence-corrected chi connectivity index (χ0v) is 18.2. The largest absolute Gasteiger partial charge is 0.481 e. The van der Waals surface area contributed by atoms with Crippen LogP contribution in [0.15, 0.2) is 0 Å². The highest BCUT2D eigenvalue weighted by atomic mass is 16.4. The maximum Gasteiger partial charge on any atom is 0.325 e. The molecule has 0 saturated carbocycles. The van der Waals surface area contributed by atoms with Crippen LogP contribution in [-0.4, -0.2) is 70.6 Å². The van der Waals surface area contributed by atoms with Crippen molar-refractivity contribution in [1.29, 1.82) is 0 Å². The lowest BCUT2D eigenvalue weighted by Crippen LogP contribution is -2.57. The van der Waals surface area contributed by atoms with Crippen LogP contribution in [0, 0.1) is 5.92 Å². The monoisotopic (exact) mass is 445 g/mol. The summed E-state index contributed by atoms with van der Waals surface area (Å²) < 4.78 is 0. The standard InChI is InChI=1S/C19H35N5O7/c1-10(2)8-12(21)16(27)23-13(6-4-5-7-20)17(28)24-14(9-15(25)26)18(29)22-11(3)19(30)31/h10-14H,4-9,20-21H2,1-3H3,(H,22,29)(H,23,27)(H,24,28)(H,25,26)(H,30,31). The van der Waals surface area contributed by atoms with Crippen molar-refractivity contribution in [3.05, 3.63) is 0 Å². The number of rotatable bonds is 15. The molecule has 0 heterocycles. The van der Waals surface area contributed by atoms with Gasteiger partial charge in [-0.3, -0.25) is 24.0 Å². The van der Waals surface area contributed by atoms with Gasteiger partial charge in [-0.15, -0.1) is 0 Å².